The molecule has 0 unspecified atom stereocenters. The average molecular weight is 319 g/mol. The molecule has 0 atom stereocenters. The molecule has 1 aromatic carbocycles. The Labute approximate surface area is 130 Å². The van der Waals surface area contributed by atoms with Crippen LogP contribution in [0.3, 0.4) is 0 Å². The molecule has 1 heterocycles. The summed E-state index contributed by atoms with van der Waals surface area (Å²) in [6.07, 6.45) is -0.0983. The Balaban J connectivity index is 2.13. The van der Waals surface area contributed by atoms with Gasteiger partial charge in [-0.1, -0.05) is 18.2 Å². The molecular weight excluding hydrogens is 306 g/mol. The summed E-state index contributed by atoms with van der Waals surface area (Å²) in [5, 5.41) is 13.4. The molecule has 2 rings (SSSR count). The van der Waals surface area contributed by atoms with E-state index in [0.717, 1.165) is 11.3 Å². The fourth-order valence-electron chi connectivity index (χ4n) is 1.91. The summed E-state index contributed by atoms with van der Waals surface area (Å²) in [4.78, 5) is 35.0. The molecule has 0 aliphatic heterocycles. The van der Waals surface area contributed by atoms with Crippen molar-refractivity contribution < 1.29 is 24.2 Å². The van der Waals surface area contributed by atoms with Crippen molar-refractivity contribution in [3.63, 3.8) is 0 Å². The van der Waals surface area contributed by atoms with E-state index in [-0.39, 0.29) is 12.0 Å². The molecule has 0 fully saturated rings. The van der Waals surface area contributed by atoms with Crippen LogP contribution in [0.1, 0.15) is 25.6 Å². The predicted octanol–water partition coefficient (Wildman–Crippen LogP) is 2.41. The molecule has 2 N–H and O–H groups in total. The average Bonchev–Trinajstić information content (AvgIpc) is 2.94. The van der Waals surface area contributed by atoms with Crippen LogP contribution in [-0.2, 0) is 16.0 Å². The Kier molecular flexibility index (Phi) is 4.90. The van der Waals surface area contributed by atoms with Crippen molar-refractivity contribution in [1.82, 2.24) is 0 Å². The standard InChI is InChI=1S/C15H13NO5S/c1-21-15(20)13-11(6-7-22-13)16-12(17)8-9-4-2-3-5-10(9)14(18)19/h2-7H,8H2,1H3,(H,16,17)(H,18,19). The van der Waals surface area contributed by atoms with Crippen molar-refractivity contribution in [2.45, 2.75) is 6.42 Å². The summed E-state index contributed by atoms with van der Waals surface area (Å²) in [6.45, 7) is 0. The van der Waals surface area contributed by atoms with Crippen LogP contribution in [-0.4, -0.2) is 30.1 Å². The molecule has 0 saturated carbocycles. The van der Waals surface area contributed by atoms with Crippen LogP contribution in [0.25, 0.3) is 0 Å². The quantitative estimate of drug-likeness (QED) is 0.826. The lowest BCUT2D eigenvalue weighted by Gasteiger charge is -2.07. The first-order valence-electron chi connectivity index (χ1n) is 6.29. The molecule has 1 aromatic heterocycles. The van der Waals surface area contributed by atoms with Crippen LogP contribution >= 0.6 is 11.3 Å². The maximum absolute atomic E-state index is 12.1. The summed E-state index contributed by atoms with van der Waals surface area (Å²) < 4.78 is 4.63. The Bertz CT molecular complexity index is 722. The number of nitrogens with one attached hydrogen (secondary N) is 1. The van der Waals surface area contributed by atoms with E-state index < -0.39 is 17.8 Å². The Morgan fingerprint density at radius 1 is 1.23 bits per heavy atom. The molecule has 22 heavy (non-hydrogen) atoms. The number of hydrogen-bond donors (Lipinski definition) is 2. The molecule has 0 aliphatic rings. The highest BCUT2D eigenvalue weighted by Gasteiger charge is 2.17. The van der Waals surface area contributed by atoms with Gasteiger partial charge in [0.05, 0.1) is 24.8 Å². The summed E-state index contributed by atoms with van der Waals surface area (Å²) >= 11 is 1.16. The molecule has 2 aromatic rings. The Morgan fingerprint density at radius 2 is 1.95 bits per heavy atom. The highest BCUT2D eigenvalue weighted by molar-refractivity contribution is 7.12. The number of aromatic carboxylic acids is 1. The van der Waals surface area contributed by atoms with Gasteiger partial charge in [-0.05, 0) is 23.1 Å². The zero-order valence-electron chi connectivity index (χ0n) is 11.7. The van der Waals surface area contributed by atoms with Crippen LogP contribution in [0.4, 0.5) is 5.69 Å². The fourth-order valence-corrected chi connectivity index (χ4v) is 2.67. The van der Waals surface area contributed by atoms with Crippen molar-refractivity contribution in [1.29, 1.82) is 0 Å². The first-order chi connectivity index (χ1) is 10.5. The minimum absolute atomic E-state index is 0.0798. The zero-order valence-corrected chi connectivity index (χ0v) is 12.5. The van der Waals surface area contributed by atoms with Crippen molar-refractivity contribution in [3.05, 3.63) is 51.7 Å². The van der Waals surface area contributed by atoms with Gasteiger partial charge in [-0.3, -0.25) is 4.79 Å². The maximum atomic E-state index is 12.1. The highest BCUT2D eigenvalue weighted by atomic mass is 32.1. The Morgan fingerprint density at radius 3 is 2.64 bits per heavy atom. The number of amides is 1. The fraction of sp³-hybridized carbons (Fsp3) is 0.133. The largest absolute Gasteiger partial charge is 0.478 e. The van der Waals surface area contributed by atoms with Gasteiger partial charge < -0.3 is 15.2 Å². The minimum atomic E-state index is -1.09. The van der Waals surface area contributed by atoms with Crippen LogP contribution in [0.15, 0.2) is 35.7 Å². The van der Waals surface area contributed by atoms with Gasteiger partial charge in [0, 0.05) is 0 Å². The first kappa shape index (κ1) is 15.7. The van der Waals surface area contributed by atoms with Gasteiger partial charge in [0.15, 0.2) is 0 Å². The molecule has 0 radical (unpaired) electrons. The van der Waals surface area contributed by atoms with E-state index in [9.17, 15) is 14.4 Å². The van der Waals surface area contributed by atoms with Gasteiger partial charge in [-0.25, -0.2) is 9.59 Å². The number of hydrogen-bond acceptors (Lipinski definition) is 5. The molecule has 0 spiro atoms. The summed E-state index contributed by atoms with van der Waals surface area (Å²) in [5.41, 5.74) is 0.841. The van der Waals surface area contributed by atoms with Crippen molar-refractivity contribution in [2.75, 3.05) is 12.4 Å². The monoisotopic (exact) mass is 319 g/mol. The van der Waals surface area contributed by atoms with Crippen molar-refractivity contribution >= 4 is 34.9 Å². The molecule has 0 saturated heterocycles. The minimum Gasteiger partial charge on any atom is -0.478 e. The number of esters is 1. The SMILES string of the molecule is COC(=O)c1sccc1NC(=O)Cc1ccccc1C(=O)O. The molecule has 0 bridgehead atoms. The van der Waals surface area contributed by atoms with Gasteiger partial charge >= 0.3 is 11.9 Å². The van der Waals surface area contributed by atoms with E-state index in [4.69, 9.17) is 5.11 Å². The van der Waals surface area contributed by atoms with Crippen molar-refractivity contribution in [2.24, 2.45) is 0 Å². The predicted molar refractivity (Wildman–Crippen MR) is 81.4 cm³/mol. The van der Waals surface area contributed by atoms with E-state index >= 15 is 0 Å². The highest BCUT2D eigenvalue weighted by Crippen LogP contribution is 2.23. The van der Waals surface area contributed by atoms with Gasteiger partial charge in [-0.15, -0.1) is 11.3 Å². The molecule has 1 amide bonds. The number of carbonyl (C=O) groups excluding carboxylic acids is 2. The van der Waals surface area contributed by atoms with Crippen LogP contribution < -0.4 is 5.32 Å². The second kappa shape index (κ2) is 6.86. The van der Waals surface area contributed by atoms with Crippen molar-refractivity contribution in [3.8, 4) is 0 Å². The van der Waals surface area contributed by atoms with Crippen LogP contribution in [0, 0.1) is 0 Å². The van der Waals surface area contributed by atoms with Gasteiger partial charge in [0.25, 0.3) is 0 Å². The van der Waals surface area contributed by atoms with E-state index in [1.807, 2.05) is 0 Å². The molecule has 6 nitrogen and oxygen atoms in total. The molecule has 0 aliphatic carbocycles. The lowest BCUT2D eigenvalue weighted by atomic mass is 10.0. The van der Waals surface area contributed by atoms with E-state index in [2.05, 4.69) is 10.1 Å². The number of rotatable bonds is 5. The molecular formula is C15H13NO5S. The normalized spacial score (nSPS) is 10.0. The van der Waals surface area contributed by atoms with Crippen LogP contribution in [0.5, 0.6) is 0 Å². The summed E-state index contributed by atoms with van der Waals surface area (Å²) in [7, 11) is 1.26. The number of carboxylic acids is 1. The number of carbonyl (C=O) groups is 3. The summed E-state index contributed by atoms with van der Waals surface area (Å²) in [5.74, 6) is -2.03. The summed E-state index contributed by atoms with van der Waals surface area (Å²) in [6, 6.07) is 7.88. The lowest BCUT2D eigenvalue weighted by molar-refractivity contribution is -0.115. The third-order valence-electron chi connectivity index (χ3n) is 2.91. The number of methoxy groups -OCH3 is 1. The smallest absolute Gasteiger partial charge is 0.350 e. The number of anilines is 1. The van der Waals surface area contributed by atoms with Gasteiger partial charge in [-0.2, -0.15) is 0 Å². The van der Waals surface area contributed by atoms with Crippen LogP contribution in [0.2, 0.25) is 0 Å². The number of carboxylic acid groups (broad SMARTS) is 1. The number of ether oxygens (including phenoxy) is 1. The zero-order chi connectivity index (χ0) is 16.1. The van der Waals surface area contributed by atoms with Gasteiger partial charge in [0.2, 0.25) is 5.91 Å². The molecule has 114 valence electrons. The van der Waals surface area contributed by atoms with E-state index in [1.165, 1.54) is 13.2 Å². The third-order valence-corrected chi connectivity index (χ3v) is 3.80. The van der Waals surface area contributed by atoms with E-state index in [1.54, 1.807) is 29.6 Å². The lowest BCUT2D eigenvalue weighted by Crippen LogP contribution is -2.17. The second-order valence-corrected chi connectivity index (χ2v) is 5.26. The number of thiophene rings is 1. The third kappa shape index (κ3) is 3.50. The second-order valence-electron chi connectivity index (χ2n) is 4.34. The van der Waals surface area contributed by atoms with E-state index in [0.29, 0.717) is 16.1 Å². The van der Waals surface area contributed by atoms with Gasteiger partial charge in [0.1, 0.15) is 4.88 Å². The first-order valence-corrected chi connectivity index (χ1v) is 7.17. The topological polar surface area (TPSA) is 92.7 Å². The molecule has 7 heteroatoms. The Hall–Kier alpha value is -2.67. The number of benzene rings is 1. The maximum Gasteiger partial charge on any atom is 0.350 e.